The van der Waals surface area contributed by atoms with Gasteiger partial charge < -0.3 is 9.80 Å². The van der Waals surface area contributed by atoms with Gasteiger partial charge in [-0.3, -0.25) is 0 Å². The second kappa shape index (κ2) is 9.80. The van der Waals surface area contributed by atoms with Crippen molar-refractivity contribution in [1.82, 2.24) is 0 Å². The first-order valence-corrected chi connectivity index (χ1v) is 17.6. The summed E-state index contributed by atoms with van der Waals surface area (Å²) in [4.78, 5) is 5.41. The maximum Gasteiger partial charge on any atom is 0.207 e. The Bertz CT molecular complexity index is 2460. The molecule has 0 unspecified atom stereocenters. The molecular weight excluding hydrogens is 609 g/mol. The number of para-hydroxylation sites is 5. The van der Waals surface area contributed by atoms with Crippen molar-refractivity contribution in [2.75, 3.05) is 9.80 Å². The molecule has 0 fully saturated rings. The van der Waals surface area contributed by atoms with Gasteiger partial charge in [0.15, 0.2) is 0 Å². The van der Waals surface area contributed by atoms with E-state index in [0.29, 0.717) is 9.79 Å². The highest BCUT2D eigenvalue weighted by atomic mass is 32.2. The summed E-state index contributed by atoms with van der Waals surface area (Å²) < 4.78 is 27.0. The molecule has 0 bridgehead atoms. The third-order valence-electron chi connectivity index (χ3n) is 10.2. The molecule has 48 heavy (non-hydrogen) atoms. The summed E-state index contributed by atoms with van der Waals surface area (Å²) in [7, 11) is -3.57. The number of nitrogens with zero attached hydrogens (tertiary/aromatic N) is 2. The highest BCUT2D eigenvalue weighted by molar-refractivity contribution is 7.92. The summed E-state index contributed by atoms with van der Waals surface area (Å²) in [5, 5.41) is 0. The Labute approximate surface area is 279 Å². The highest BCUT2D eigenvalue weighted by Gasteiger charge is 2.51. The van der Waals surface area contributed by atoms with Crippen LogP contribution in [0.5, 0.6) is 0 Å². The highest BCUT2D eigenvalue weighted by Crippen LogP contribution is 2.64. The number of hydrogen-bond acceptors (Lipinski definition) is 4. The van der Waals surface area contributed by atoms with Crippen molar-refractivity contribution in [2.45, 2.75) is 15.2 Å². The van der Waals surface area contributed by atoms with E-state index >= 15 is 0 Å². The zero-order chi connectivity index (χ0) is 32.0. The Balaban J connectivity index is 1.28. The monoisotopic (exact) mass is 636 g/mol. The van der Waals surface area contributed by atoms with E-state index in [1.54, 1.807) is 18.2 Å². The van der Waals surface area contributed by atoms with Crippen LogP contribution >= 0.6 is 0 Å². The van der Waals surface area contributed by atoms with Crippen molar-refractivity contribution < 1.29 is 8.42 Å². The molecule has 3 aliphatic heterocycles. The van der Waals surface area contributed by atoms with E-state index in [2.05, 4.69) is 137 Å². The third kappa shape index (κ3) is 3.41. The van der Waals surface area contributed by atoms with Crippen LogP contribution in [-0.2, 0) is 15.3 Å². The molecular formula is C43H28N2O2S. The minimum Gasteiger partial charge on any atom is -0.310 e. The van der Waals surface area contributed by atoms with Gasteiger partial charge in [0.25, 0.3) is 0 Å². The van der Waals surface area contributed by atoms with Gasteiger partial charge in [-0.25, -0.2) is 8.42 Å². The lowest BCUT2D eigenvalue weighted by atomic mass is 9.60. The second-order valence-corrected chi connectivity index (χ2v) is 14.4. The summed E-state index contributed by atoms with van der Waals surface area (Å²) in [6, 6.07) is 58.6. The fourth-order valence-electron chi connectivity index (χ4n) is 8.35. The molecule has 7 aromatic rings. The maximum absolute atomic E-state index is 13.5. The average molecular weight is 637 g/mol. The lowest BCUT2D eigenvalue weighted by Crippen LogP contribution is -2.41. The van der Waals surface area contributed by atoms with Crippen molar-refractivity contribution in [2.24, 2.45) is 0 Å². The molecule has 0 radical (unpaired) electrons. The molecule has 0 saturated heterocycles. The van der Waals surface area contributed by atoms with Gasteiger partial charge in [-0.1, -0.05) is 109 Å². The average Bonchev–Trinajstić information content (AvgIpc) is 3.37. The molecule has 3 aliphatic rings. The Morgan fingerprint density at radius 1 is 0.375 bits per heavy atom. The molecule has 0 atom stereocenters. The molecule has 10 rings (SSSR count). The summed E-state index contributed by atoms with van der Waals surface area (Å²) >= 11 is 0. The molecule has 0 aliphatic carbocycles. The zero-order valence-electron chi connectivity index (χ0n) is 25.8. The normalized spacial score (nSPS) is 15.5. The van der Waals surface area contributed by atoms with E-state index in [1.165, 1.54) is 22.3 Å². The van der Waals surface area contributed by atoms with E-state index in [4.69, 9.17) is 0 Å². The fourth-order valence-corrected chi connectivity index (χ4v) is 10.0. The first-order valence-electron chi connectivity index (χ1n) is 16.1. The van der Waals surface area contributed by atoms with Gasteiger partial charge in [-0.2, -0.15) is 0 Å². The van der Waals surface area contributed by atoms with Gasteiger partial charge in [0, 0.05) is 22.5 Å². The lowest BCUT2D eigenvalue weighted by molar-refractivity contribution is 0.598. The van der Waals surface area contributed by atoms with E-state index in [9.17, 15) is 8.42 Å². The number of rotatable bonds is 2. The minimum atomic E-state index is -3.57. The molecule has 0 saturated carbocycles. The molecule has 228 valence electrons. The van der Waals surface area contributed by atoms with Crippen molar-refractivity contribution in [1.29, 1.82) is 0 Å². The molecule has 5 heteroatoms. The first kappa shape index (κ1) is 27.2. The minimum absolute atomic E-state index is 0.360. The topological polar surface area (TPSA) is 40.6 Å². The fraction of sp³-hybridized carbons (Fsp3) is 0.0233. The van der Waals surface area contributed by atoms with Crippen LogP contribution in [0.3, 0.4) is 0 Å². The predicted octanol–water partition coefficient (Wildman–Crippen LogP) is 10.4. The number of anilines is 6. The third-order valence-corrected chi connectivity index (χ3v) is 12.1. The van der Waals surface area contributed by atoms with Gasteiger partial charge in [0.05, 0.1) is 38.0 Å². The Hall–Kier alpha value is -5.91. The quantitative estimate of drug-likeness (QED) is 0.189. The molecule has 4 nitrogen and oxygen atoms in total. The van der Waals surface area contributed by atoms with Gasteiger partial charge in [-0.15, -0.1) is 0 Å². The van der Waals surface area contributed by atoms with Crippen molar-refractivity contribution in [3.63, 3.8) is 0 Å². The summed E-state index contributed by atoms with van der Waals surface area (Å²) in [6.07, 6.45) is 0. The molecule has 0 amide bonds. The Morgan fingerprint density at radius 2 is 0.792 bits per heavy atom. The van der Waals surface area contributed by atoms with Gasteiger partial charge in [0.2, 0.25) is 9.84 Å². The van der Waals surface area contributed by atoms with Crippen LogP contribution in [0, 0.1) is 0 Å². The maximum atomic E-state index is 13.5. The number of fused-ring (bicyclic) bond motifs is 11. The Kier molecular flexibility index (Phi) is 5.56. The molecule has 3 heterocycles. The van der Waals surface area contributed by atoms with Crippen molar-refractivity contribution in [3.05, 3.63) is 192 Å². The molecule has 0 aromatic heterocycles. The zero-order valence-corrected chi connectivity index (χ0v) is 26.6. The standard InChI is InChI=1S/C43H28N2O2S/c46-48(47)41-25-13-4-16-31(41)32-28-30(26-27-42(32)48)45-39-23-11-7-19-35(39)43(36-20-8-12-24-40(36)45)33-17-5-9-21-37(33)44(29-14-2-1-3-15-29)38-22-10-6-18-34(38)43/h1-28H. The van der Waals surface area contributed by atoms with Crippen LogP contribution in [-0.4, -0.2) is 8.42 Å². The number of hydrogen-bond donors (Lipinski definition) is 0. The largest absolute Gasteiger partial charge is 0.310 e. The smallest absolute Gasteiger partial charge is 0.207 e. The SMILES string of the molecule is O=S1(=O)c2ccccc2-c2cc(N3c4ccccc4C4(c5ccccc5N(c5ccccc5)c5ccccc54)c4ccccc43)ccc21. The van der Waals surface area contributed by atoms with E-state index in [1.807, 2.05) is 24.3 Å². The van der Waals surface area contributed by atoms with E-state index in [-0.39, 0.29) is 0 Å². The number of benzene rings is 7. The summed E-state index contributed by atoms with van der Waals surface area (Å²) in [5.41, 5.74) is 12.1. The second-order valence-electron chi connectivity index (χ2n) is 12.5. The molecule has 0 N–H and O–H groups in total. The lowest BCUT2D eigenvalue weighted by Gasteiger charge is -2.51. The summed E-state index contributed by atoms with van der Waals surface area (Å²) in [6.45, 7) is 0. The summed E-state index contributed by atoms with van der Waals surface area (Å²) in [5.74, 6) is 0. The van der Waals surface area contributed by atoms with Crippen LogP contribution < -0.4 is 9.80 Å². The van der Waals surface area contributed by atoms with Crippen molar-refractivity contribution in [3.8, 4) is 11.1 Å². The van der Waals surface area contributed by atoms with Crippen LogP contribution in [0.15, 0.2) is 180 Å². The van der Waals surface area contributed by atoms with Crippen LogP contribution in [0.25, 0.3) is 11.1 Å². The Morgan fingerprint density at radius 3 is 1.33 bits per heavy atom. The van der Waals surface area contributed by atoms with Gasteiger partial charge in [0.1, 0.15) is 0 Å². The van der Waals surface area contributed by atoms with E-state index < -0.39 is 15.3 Å². The molecule has 7 aromatic carbocycles. The number of sulfone groups is 1. The van der Waals surface area contributed by atoms with Gasteiger partial charge >= 0.3 is 0 Å². The first-order chi connectivity index (χ1) is 23.6. The van der Waals surface area contributed by atoms with Crippen LogP contribution in [0.4, 0.5) is 34.1 Å². The van der Waals surface area contributed by atoms with Crippen LogP contribution in [0.1, 0.15) is 22.3 Å². The predicted molar refractivity (Wildman–Crippen MR) is 192 cm³/mol. The van der Waals surface area contributed by atoms with E-state index in [0.717, 1.165) is 45.3 Å². The van der Waals surface area contributed by atoms with Gasteiger partial charge in [-0.05, 0) is 82.9 Å². The van der Waals surface area contributed by atoms with Crippen molar-refractivity contribution >= 4 is 44.0 Å². The van der Waals surface area contributed by atoms with Crippen LogP contribution in [0.2, 0.25) is 0 Å². The molecule has 1 spiro atoms.